The number of carbonyl (C=O) groups excluding carboxylic acids is 1. The van der Waals surface area contributed by atoms with Crippen molar-refractivity contribution in [1.82, 2.24) is 20.2 Å². The van der Waals surface area contributed by atoms with Crippen LogP contribution in [-0.4, -0.2) is 46.5 Å². The summed E-state index contributed by atoms with van der Waals surface area (Å²) < 4.78 is 0. The molecule has 1 unspecified atom stereocenters. The van der Waals surface area contributed by atoms with E-state index in [4.69, 9.17) is 0 Å². The Bertz CT molecular complexity index is 855. The highest BCUT2D eigenvalue weighted by Gasteiger charge is 2.21. The molecule has 1 aromatic heterocycles. The van der Waals surface area contributed by atoms with Gasteiger partial charge in [0.2, 0.25) is 0 Å². The molecule has 3 N–H and O–H groups in total. The number of likely N-dealkylation sites (N-methyl/N-ethyl adjacent to an activating group) is 1. The topological polar surface area (TPSA) is 98.1 Å². The van der Waals surface area contributed by atoms with E-state index in [-0.39, 0.29) is 5.91 Å². The molecular weight excluding hydrogens is 308 g/mol. The number of hydrogen-bond acceptors (Lipinski definition) is 4. The number of carbonyl (C=O) groups is 1. The van der Waals surface area contributed by atoms with Crippen molar-refractivity contribution in [3.8, 4) is 0 Å². The highest BCUT2D eigenvalue weighted by molar-refractivity contribution is 5.97. The Kier molecular flexibility index (Phi) is 4.80. The number of hydrogen-bond donors (Lipinski definition) is 3. The highest BCUT2D eigenvalue weighted by Crippen LogP contribution is 2.16. The van der Waals surface area contributed by atoms with Crippen molar-refractivity contribution in [2.24, 2.45) is 0 Å². The maximum atomic E-state index is 12.4. The molecule has 3 rings (SSSR count). The van der Waals surface area contributed by atoms with Crippen molar-refractivity contribution >= 4 is 16.9 Å². The molecule has 1 amide bonds. The summed E-state index contributed by atoms with van der Waals surface area (Å²) in [6.45, 7) is 4.83. The number of rotatable bonds is 4. The zero-order chi connectivity index (χ0) is 17.1. The second kappa shape index (κ2) is 7.00. The van der Waals surface area contributed by atoms with Crippen LogP contribution in [0.2, 0.25) is 0 Å². The van der Waals surface area contributed by atoms with E-state index in [1.54, 1.807) is 18.2 Å². The predicted octanol–water partition coefficient (Wildman–Crippen LogP) is 0.821. The van der Waals surface area contributed by atoms with Crippen LogP contribution in [0.15, 0.2) is 27.8 Å². The molecule has 2 aromatic rings. The monoisotopic (exact) mass is 330 g/mol. The number of nitrogens with one attached hydrogen (secondary N) is 3. The Morgan fingerprint density at radius 3 is 2.71 bits per heavy atom. The molecule has 0 bridgehead atoms. The summed E-state index contributed by atoms with van der Waals surface area (Å²) in [7, 11) is 0. The van der Waals surface area contributed by atoms with Crippen molar-refractivity contribution in [2.45, 2.75) is 32.2 Å². The van der Waals surface area contributed by atoms with Gasteiger partial charge in [-0.1, -0.05) is 13.3 Å². The average Bonchev–Trinajstić information content (AvgIpc) is 2.60. The number of benzene rings is 1. The molecule has 1 aliphatic heterocycles. The summed E-state index contributed by atoms with van der Waals surface area (Å²) in [5, 5.41) is 2.98. The number of aromatic nitrogens is 2. The number of piperidine rings is 1. The molecule has 0 aliphatic carbocycles. The van der Waals surface area contributed by atoms with E-state index in [9.17, 15) is 14.4 Å². The minimum atomic E-state index is -0.721. The van der Waals surface area contributed by atoms with E-state index in [2.05, 4.69) is 27.1 Å². The van der Waals surface area contributed by atoms with Crippen molar-refractivity contribution in [2.75, 3.05) is 19.6 Å². The summed E-state index contributed by atoms with van der Waals surface area (Å²) in [6, 6.07) is 5.23. The Labute approximate surface area is 139 Å². The first-order valence-corrected chi connectivity index (χ1v) is 8.37. The lowest BCUT2D eigenvalue weighted by molar-refractivity contribution is 0.0918. The third-order valence-corrected chi connectivity index (χ3v) is 4.64. The lowest BCUT2D eigenvalue weighted by Crippen LogP contribution is -2.46. The van der Waals surface area contributed by atoms with Crippen LogP contribution in [0, 0.1) is 0 Å². The Morgan fingerprint density at radius 1 is 1.21 bits per heavy atom. The third kappa shape index (κ3) is 3.41. The molecule has 0 saturated carbocycles. The van der Waals surface area contributed by atoms with E-state index in [1.807, 2.05) is 0 Å². The van der Waals surface area contributed by atoms with Crippen LogP contribution < -0.4 is 16.4 Å². The van der Waals surface area contributed by atoms with Crippen LogP contribution in [0.4, 0.5) is 0 Å². The van der Waals surface area contributed by atoms with Gasteiger partial charge < -0.3 is 15.3 Å². The molecule has 1 saturated heterocycles. The second-order valence-corrected chi connectivity index (χ2v) is 6.16. The van der Waals surface area contributed by atoms with Gasteiger partial charge in [0.15, 0.2) is 0 Å². The normalized spacial score (nSPS) is 18.6. The van der Waals surface area contributed by atoms with Gasteiger partial charge in [-0.25, -0.2) is 0 Å². The van der Waals surface area contributed by atoms with Gasteiger partial charge in [-0.15, -0.1) is 0 Å². The smallest absolute Gasteiger partial charge is 0.314 e. The molecule has 7 nitrogen and oxygen atoms in total. The maximum absolute atomic E-state index is 12.4. The van der Waals surface area contributed by atoms with E-state index in [0.717, 1.165) is 19.5 Å². The maximum Gasteiger partial charge on any atom is 0.314 e. The minimum absolute atomic E-state index is 0.175. The molecule has 24 heavy (non-hydrogen) atoms. The van der Waals surface area contributed by atoms with Crippen LogP contribution in [0.1, 0.15) is 36.5 Å². The molecule has 1 aliphatic rings. The largest absolute Gasteiger partial charge is 0.350 e. The van der Waals surface area contributed by atoms with Crippen LogP contribution in [0.25, 0.3) is 11.0 Å². The molecule has 0 spiro atoms. The average molecular weight is 330 g/mol. The van der Waals surface area contributed by atoms with Gasteiger partial charge in [-0.05, 0) is 44.1 Å². The summed E-state index contributed by atoms with van der Waals surface area (Å²) in [5.41, 5.74) is -0.0118. The van der Waals surface area contributed by atoms with Crippen LogP contribution in [0.5, 0.6) is 0 Å². The van der Waals surface area contributed by atoms with Gasteiger partial charge in [0.25, 0.3) is 5.91 Å². The van der Waals surface area contributed by atoms with Gasteiger partial charge in [-0.2, -0.15) is 0 Å². The Morgan fingerprint density at radius 2 is 1.96 bits per heavy atom. The van der Waals surface area contributed by atoms with Crippen LogP contribution in [0.3, 0.4) is 0 Å². The van der Waals surface area contributed by atoms with Gasteiger partial charge in [-0.3, -0.25) is 19.3 Å². The second-order valence-electron chi connectivity index (χ2n) is 6.16. The lowest BCUT2D eigenvalue weighted by atomic mass is 10.0. The number of fused-ring (bicyclic) bond motifs is 1. The summed E-state index contributed by atoms with van der Waals surface area (Å²) in [6.07, 6.45) is 3.51. The first kappa shape index (κ1) is 16.4. The fraction of sp³-hybridized carbons (Fsp3) is 0.471. The van der Waals surface area contributed by atoms with Crippen molar-refractivity contribution in [1.29, 1.82) is 0 Å². The van der Waals surface area contributed by atoms with E-state index < -0.39 is 11.1 Å². The summed E-state index contributed by atoms with van der Waals surface area (Å²) in [5.74, 6) is -0.175. The summed E-state index contributed by atoms with van der Waals surface area (Å²) in [4.78, 5) is 42.5. The van der Waals surface area contributed by atoms with Gasteiger partial charge >= 0.3 is 11.1 Å². The number of amides is 1. The Balaban J connectivity index is 1.72. The number of aromatic amines is 2. The SMILES string of the molecule is CCN1CCCCC1CNC(=O)c1ccc2[nH]c(=O)c(=O)[nH]c2c1. The van der Waals surface area contributed by atoms with Crippen molar-refractivity contribution in [3.05, 3.63) is 44.5 Å². The summed E-state index contributed by atoms with van der Waals surface area (Å²) >= 11 is 0. The van der Waals surface area contributed by atoms with E-state index in [0.29, 0.717) is 29.2 Å². The van der Waals surface area contributed by atoms with Gasteiger partial charge in [0.1, 0.15) is 0 Å². The Hall–Kier alpha value is -2.41. The van der Waals surface area contributed by atoms with Crippen LogP contribution >= 0.6 is 0 Å². The molecule has 0 radical (unpaired) electrons. The van der Waals surface area contributed by atoms with Crippen molar-refractivity contribution in [3.63, 3.8) is 0 Å². The van der Waals surface area contributed by atoms with E-state index >= 15 is 0 Å². The molecule has 1 fully saturated rings. The van der Waals surface area contributed by atoms with Gasteiger partial charge in [0.05, 0.1) is 11.0 Å². The number of nitrogens with zero attached hydrogens (tertiary/aromatic N) is 1. The van der Waals surface area contributed by atoms with Gasteiger partial charge in [0, 0.05) is 18.2 Å². The highest BCUT2D eigenvalue weighted by atomic mass is 16.2. The van der Waals surface area contributed by atoms with E-state index in [1.165, 1.54) is 12.8 Å². The van der Waals surface area contributed by atoms with Crippen LogP contribution in [-0.2, 0) is 0 Å². The standard InChI is InChI=1S/C17H22N4O3/c1-2-21-8-4-3-5-12(21)10-18-15(22)11-6-7-13-14(9-11)20-17(24)16(23)19-13/h6-7,9,12H,2-5,8,10H2,1H3,(H,18,22)(H,19,23)(H,20,24). The third-order valence-electron chi connectivity index (χ3n) is 4.64. The molecule has 7 heteroatoms. The molecule has 1 aromatic carbocycles. The van der Waals surface area contributed by atoms with Crippen molar-refractivity contribution < 1.29 is 4.79 Å². The minimum Gasteiger partial charge on any atom is -0.350 e. The zero-order valence-corrected chi connectivity index (χ0v) is 13.7. The number of likely N-dealkylation sites (tertiary alicyclic amines) is 1. The quantitative estimate of drug-likeness (QED) is 0.723. The zero-order valence-electron chi connectivity index (χ0n) is 13.7. The lowest BCUT2D eigenvalue weighted by Gasteiger charge is -2.34. The predicted molar refractivity (Wildman–Crippen MR) is 92.4 cm³/mol. The molecular formula is C17H22N4O3. The molecule has 128 valence electrons. The molecule has 1 atom stereocenters. The molecule has 2 heterocycles. The fourth-order valence-corrected chi connectivity index (χ4v) is 3.28. The number of H-pyrrole nitrogens is 2. The fourth-order valence-electron chi connectivity index (χ4n) is 3.28. The first-order valence-electron chi connectivity index (χ1n) is 8.37. The first-order chi connectivity index (χ1) is 11.6.